The smallest absolute Gasteiger partial charge is 0.127 e. The second kappa shape index (κ2) is 5.85. The standard InChI is InChI=1S/C15H22N2/c1-17(12-13-8-4-2-5-9-13)15(16)14-10-6-3-7-11-14/h3,6-7,10-11,13,16H,2,4-5,8-9,12H2,1H3. The largest absolute Gasteiger partial charge is 0.359 e. The van der Waals surface area contributed by atoms with Gasteiger partial charge < -0.3 is 4.90 Å². The summed E-state index contributed by atoms with van der Waals surface area (Å²) in [4.78, 5) is 2.10. The summed E-state index contributed by atoms with van der Waals surface area (Å²) < 4.78 is 0. The molecule has 17 heavy (non-hydrogen) atoms. The molecule has 0 aromatic heterocycles. The summed E-state index contributed by atoms with van der Waals surface area (Å²) in [6.07, 6.45) is 6.82. The highest BCUT2D eigenvalue weighted by atomic mass is 15.1. The van der Waals surface area contributed by atoms with E-state index in [1.54, 1.807) is 0 Å². The fraction of sp³-hybridized carbons (Fsp3) is 0.533. The van der Waals surface area contributed by atoms with Gasteiger partial charge in [0.2, 0.25) is 0 Å². The van der Waals surface area contributed by atoms with Crippen molar-refractivity contribution < 1.29 is 0 Å². The molecule has 0 bridgehead atoms. The average Bonchev–Trinajstić information content (AvgIpc) is 2.40. The van der Waals surface area contributed by atoms with Crippen LogP contribution in [0, 0.1) is 11.3 Å². The Morgan fingerprint density at radius 2 is 1.82 bits per heavy atom. The van der Waals surface area contributed by atoms with Gasteiger partial charge in [-0.1, -0.05) is 49.6 Å². The molecule has 1 N–H and O–H groups in total. The van der Waals surface area contributed by atoms with E-state index in [1.165, 1.54) is 32.1 Å². The van der Waals surface area contributed by atoms with Crippen LogP contribution in [0.25, 0.3) is 0 Å². The van der Waals surface area contributed by atoms with E-state index in [1.807, 2.05) is 37.4 Å². The number of benzene rings is 1. The Morgan fingerprint density at radius 1 is 1.18 bits per heavy atom. The van der Waals surface area contributed by atoms with E-state index in [2.05, 4.69) is 4.90 Å². The molecule has 1 fully saturated rings. The van der Waals surface area contributed by atoms with Crippen molar-refractivity contribution in [2.75, 3.05) is 13.6 Å². The molecule has 0 saturated heterocycles. The molecule has 0 atom stereocenters. The normalized spacial score (nSPS) is 16.8. The van der Waals surface area contributed by atoms with Gasteiger partial charge in [-0.3, -0.25) is 5.41 Å². The van der Waals surface area contributed by atoms with E-state index in [-0.39, 0.29) is 0 Å². The summed E-state index contributed by atoms with van der Waals surface area (Å²) in [6.45, 7) is 1.04. The number of rotatable bonds is 3. The zero-order valence-corrected chi connectivity index (χ0v) is 10.7. The summed E-state index contributed by atoms with van der Waals surface area (Å²) in [6, 6.07) is 10.0. The van der Waals surface area contributed by atoms with Crippen LogP contribution in [0.5, 0.6) is 0 Å². The lowest BCUT2D eigenvalue weighted by Gasteiger charge is -2.28. The van der Waals surface area contributed by atoms with Crippen LogP contribution in [0.2, 0.25) is 0 Å². The lowest BCUT2D eigenvalue weighted by Crippen LogP contribution is -2.32. The Kier molecular flexibility index (Phi) is 4.18. The Morgan fingerprint density at radius 3 is 2.47 bits per heavy atom. The molecule has 2 nitrogen and oxygen atoms in total. The lowest BCUT2D eigenvalue weighted by molar-refractivity contribution is 0.296. The molecule has 0 spiro atoms. The first-order valence-electron chi connectivity index (χ1n) is 6.62. The van der Waals surface area contributed by atoms with Crippen molar-refractivity contribution in [2.45, 2.75) is 32.1 Å². The molecule has 1 saturated carbocycles. The highest BCUT2D eigenvalue weighted by Crippen LogP contribution is 2.24. The number of hydrogen-bond donors (Lipinski definition) is 1. The maximum atomic E-state index is 8.18. The highest BCUT2D eigenvalue weighted by Gasteiger charge is 2.17. The van der Waals surface area contributed by atoms with Crippen LogP contribution in [0.15, 0.2) is 30.3 Å². The molecule has 0 aliphatic heterocycles. The molecular formula is C15H22N2. The lowest BCUT2D eigenvalue weighted by atomic mass is 9.89. The SMILES string of the molecule is CN(CC1CCCCC1)C(=N)c1ccccc1. The van der Waals surface area contributed by atoms with Crippen molar-refractivity contribution in [3.63, 3.8) is 0 Å². The number of nitrogens with zero attached hydrogens (tertiary/aromatic N) is 1. The van der Waals surface area contributed by atoms with Crippen LogP contribution in [0.1, 0.15) is 37.7 Å². The summed E-state index contributed by atoms with van der Waals surface area (Å²) in [5.74, 6) is 1.44. The number of hydrogen-bond acceptors (Lipinski definition) is 1. The predicted octanol–water partition coefficient (Wildman–Crippen LogP) is 3.52. The molecule has 1 aliphatic rings. The molecule has 0 amide bonds. The van der Waals surface area contributed by atoms with Crippen LogP contribution in [0.4, 0.5) is 0 Å². The predicted molar refractivity (Wildman–Crippen MR) is 72.5 cm³/mol. The van der Waals surface area contributed by atoms with Gasteiger partial charge in [-0.25, -0.2) is 0 Å². The molecule has 0 heterocycles. The van der Waals surface area contributed by atoms with Gasteiger partial charge in [0.1, 0.15) is 5.84 Å². The minimum Gasteiger partial charge on any atom is -0.359 e. The molecule has 0 unspecified atom stereocenters. The summed E-state index contributed by atoms with van der Waals surface area (Å²) in [7, 11) is 2.05. The minimum atomic E-state index is 0.649. The van der Waals surface area contributed by atoms with Gasteiger partial charge in [-0.2, -0.15) is 0 Å². The molecule has 92 valence electrons. The Hall–Kier alpha value is -1.31. The van der Waals surface area contributed by atoms with E-state index in [4.69, 9.17) is 5.41 Å². The van der Waals surface area contributed by atoms with Gasteiger partial charge in [0.05, 0.1) is 0 Å². The third-order valence-electron chi connectivity index (χ3n) is 3.69. The topological polar surface area (TPSA) is 27.1 Å². The maximum Gasteiger partial charge on any atom is 0.127 e. The summed E-state index contributed by atoms with van der Waals surface area (Å²) >= 11 is 0. The molecule has 2 heteroatoms. The van der Waals surface area contributed by atoms with E-state index in [9.17, 15) is 0 Å². The summed E-state index contributed by atoms with van der Waals surface area (Å²) in [5, 5.41) is 8.18. The third-order valence-corrected chi connectivity index (χ3v) is 3.69. The first-order chi connectivity index (χ1) is 8.27. The fourth-order valence-electron chi connectivity index (χ4n) is 2.66. The second-order valence-corrected chi connectivity index (χ2v) is 5.10. The van der Waals surface area contributed by atoms with Gasteiger partial charge in [-0.05, 0) is 18.8 Å². The van der Waals surface area contributed by atoms with Gasteiger partial charge in [-0.15, -0.1) is 0 Å². The van der Waals surface area contributed by atoms with Gasteiger partial charge in [0.15, 0.2) is 0 Å². The van der Waals surface area contributed by atoms with E-state index in [0.717, 1.165) is 18.0 Å². The Bertz CT molecular complexity index is 352. The minimum absolute atomic E-state index is 0.649. The first kappa shape index (κ1) is 12.2. The zero-order valence-electron chi connectivity index (χ0n) is 10.7. The summed E-state index contributed by atoms with van der Waals surface area (Å²) in [5.41, 5.74) is 1.02. The number of nitrogens with one attached hydrogen (secondary N) is 1. The monoisotopic (exact) mass is 230 g/mol. The van der Waals surface area contributed by atoms with Crippen LogP contribution in [-0.2, 0) is 0 Å². The van der Waals surface area contributed by atoms with E-state index >= 15 is 0 Å². The van der Waals surface area contributed by atoms with Crippen molar-refractivity contribution in [3.8, 4) is 0 Å². The second-order valence-electron chi connectivity index (χ2n) is 5.10. The quantitative estimate of drug-likeness (QED) is 0.624. The van der Waals surface area contributed by atoms with Crippen molar-refractivity contribution in [1.82, 2.24) is 4.90 Å². The molecule has 0 radical (unpaired) electrons. The Balaban J connectivity index is 1.91. The van der Waals surface area contributed by atoms with Crippen molar-refractivity contribution >= 4 is 5.84 Å². The van der Waals surface area contributed by atoms with Crippen LogP contribution in [-0.4, -0.2) is 24.3 Å². The first-order valence-corrected chi connectivity index (χ1v) is 6.62. The van der Waals surface area contributed by atoms with Gasteiger partial charge in [0.25, 0.3) is 0 Å². The maximum absolute atomic E-state index is 8.18. The van der Waals surface area contributed by atoms with Crippen LogP contribution < -0.4 is 0 Å². The van der Waals surface area contributed by atoms with Crippen LogP contribution >= 0.6 is 0 Å². The van der Waals surface area contributed by atoms with Crippen molar-refractivity contribution in [1.29, 1.82) is 5.41 Å². The molecule has 1 aromatic rings. The molecule has 1 aromatic carbocycles. The van der Waals surface area contributed by atoms with E-state index in [0.29, 0.717) is 5.84 Å². The fourth-order valence-corrected chi connectivity index (χ4v) is 2.66. The molecule has 2 rings (SSSR count). The Labute approximate surface area is 104 Å². The highest BCUT2D eigenvalue weighted by molar-refractivity contribution is 5.96. The van der Waals surface area contributed by atoms with Gasteiger partial charge >= 0.3 is 0 Å². The number of amidine groups is 1. The van der Waals surface area contributed by atoms with Gasteiger partial charge in [0, 0.05) is 19.2 Å². The van der Waals surface area contributed by atoms with E-state index < -0.39 is 0 Å². The van der Waals surface area contributed by atoms with Crippen molar-refractivity contribution in [3.05, 3.63) is 35.9 Å². The van der Waals surface area contributed by atoms with Crippen molar-refractivity contribution in [2.24, 2.45) is 5.92 Å². The molecule has 1 aliphatic carbocycles. The third kappa shape index (κ3) is 3.32. The zero-order chi connectivity index (χ0) is 12.1. The average molecular weight is 230 g/mol. The molecular weight excluding hydrogens is 208 g/mol. The van der Waals surface area contributed by atoms with Crippen LogP contribution in [0.3, 0.4) is 0 Å².